The van der Waals surface area contributed by atoms with Crippen molar-refractivity contribution in [2.45, 2.75) is 80.8 Å². The number of carbonyl (C=O) groups excluding carboxylic acids is 2. The number of benzene rings is 2. The molecule has 3 saturated heterocycles. The second-order valence-electron chi connectivity index (χ2n) is 17.9. The molecule has 7 heterocycles. The molecule has 14 nitrogen and oxygen atoms in total. The van der Waals surface area contributed by atoms with Crippen molar-refractivity contribution >= 4 is 68.4 Å². The summed E-state index contributed by atoms with van der Waals surface area (Å²) in [6.45, 7) is 1.35. The van der Waals surface area contributed by atoms with Gasteiger partial charge >= 0.3 is 5.92 Å². The summed E-state index contributed by atoms with van der Waals surface area (Å²) in [4.78, 5) is 50.7. The van der Waals surface area contributed by atoms with Crippen LogP contribution in [-0.4, -0.2) is 98.0 Å². The van der Waals surface area contributed by atoms with Crippen LogP contribution >= 0.6 is 11.6 Å². The number of likely N-dealkylation sites (tertiary alicyclic amines) is 1. The van der Waals surface area contributed by atoms with Crippen molar-refractivity contribution in [1.82, 2.24) is 34.5 Å². The highest BCUT2D eigenvalue weighted by molar-refractivity contribution is 6.33. The Morgan fingerprint density at radius 1 is 0.968 bits per heavy atom. The number of rotatable bonds is 8. The molecule has 1 aliphatic carbocycles. The van der Waals surface area contributed by atoms with Crippen LogP contribution in [0.25, 0.3) is 21.8 Å². The molecule has 1 saturated carbocycles. The molecular weight excluding hydrogens is 844 g/mol. The van der Waals surface area contributed by atoms with Gasteiger partial charge in [-0.25, -0.2) is 22.5 Å². The molecule has 2 atom stereocenters. The van der Waals surface area contributed by atoms with E-state index in [9.17, 15) is 14.4 Å². The second kappa shape index (κ2) is 15.6. The zero-order chi connectivity index (χ0) is 43.9. The number of ether oxygens (including phenoxy) is 1. The quantitative estimate of drug-likeness (QED) is 0.113. The van der Waals surface area contributed by atoms with Crippen molar-refractivity contribution in [2.75, 3.05) is 54.9 Å². The average Bonchev–Trinajstić information content (AvgIpc) is 4.05. The van der Waals surface area contributed by atoms with Crippen LogP contribution in [0.2, 0.25) is 5.02 Å². The van der Waals surface area contributed by atoms with Gasteiger partial charge in [0.1, 0.15) is 16.2 Å². The summed E-state index contributed by atoms with van der Waals surface area (Å²) in [6.07, 6.45) is 5.20. The number of anilines is 4. The normalized spacial score (nSPS) is 22.9. The van der Waals surface area contributed by atoms with Gasteiger partial charge in [0, 0.05) is 69.5 Å². The van der Waals surface area contributed by atoms with E-state index in [0.717, 1.165) is 0 Å². The summed E-state index contributed by atoms with van der Waals surface area (Å²) in [6, 6.07) is 7.65. The number of amides is 2. The van der Waals surface area contributed by atoms with Gasteiger partial charge in [-0.2, -0.15) is 10.1 Å². The maximum Gasteiger partial charge on any atom is 0.301 e. The SMILES string of the molecule is Cn1nc(C2CCC(=O)NC2=O)c2ccc(C3CCN(CC4(F)CCN(c5ncc(Cl)c(Nc6ccc7c(c6)c6c(c(=O)n7C)OCC(F)(F)[C@H](C7CC7)N6)n5)CC4)CC3)c(F)c21. The first-order valence-corrected chi connectivity index (χ1v) is 21.9. The van der Waals surface area contributed by atoms with Crippen LogP contribution in [0.5, 0.6) is 5.75 Å². The highest BCUT2D eigenvalue weighted by Gasteiger charge is 2.51. The van der Waals surface area contributed by atoms with Crippen molar-refractivity contribution in [3.63, 3.8) is 0 Å². The van der Waals surface area contributed by atoms with Gasteiger partial charge in [0.05, 0.1) is 35.1 Å². The zero-order valence-corrected chi connectivity index (χ0v) is 35.6. The number of alkyl halides is 3. The van der Waals surface area contributed by atoms with Crippen molar-refractivity contribution in [3.8, 4) is 5.75 Å². The van der Waals surface area contributed by atoms with E-state index in [4.69, 9.17) is 21.3 Å². The number of halogens is 5. The van der Waals surface area contributed by atoms with Gasteiger partial charge in [0.25, 0.3) is 5.56 Å². The molecule has 2 aromatic carbocycles. The third-order valence-corrected chi connectivity index (χ3v) is 13.9. The monoisotopic (exact) mass is 890 g/mol. The Kier molecular flexibility index (Phi) is 10.3. The number of pyridine rings is 1. The van der Waals surface area contributed by atoms with E-state index < -0.39 is 41.6 Å². The lowest BCUT2D eigenvalue weighted by atomic mass is 9.86. The molecule has 4 aliphatic heterocycles. The number of fused-ring (bicyclic) bond motifs is 4. The molecule has 1 unspecified atom stereocenters. The fourth-order valence-electron chi connectivity index (χ4n) is 9.98. The van der Waals surface area contributed by atoms with Crippen molar-refractivity contribution in [1.29, 1.82) is 0 Å². The molecule has 5 aromatic rings. The van der Waals surface area contributed by atoms with Gasteiger partial charge in [-0.1, -0.05) is 23.7 Å². The molecule has 0 bridgehead atoms. The number of aryl methyl sites for hydroxylation is 2. The van der Waals surface area contributed by atoms with E-state index in [1.165, 1.54) is 15.4 Å². The summed E-state index contributed by atoms with van der Waals surface area (Å²) in [5.41, 5.74) is 0.739. The predicted molar refractivity (Wildman–Crippen MR) is 230 cm³/mol. The van der Waals surface area contributed by atoms with Gasteiger partial charge in [-0.3, -0.25) is 24.4 Å². The average molecular weight is 891 g/mol. The maximum atomic E-state index is 16.5. The summed E-state index contributed by atoms with van der Waals surface area (Å²) in [7, 11) is 3.23. The molecule has 5 aliphatic rings. The summed E-state index contributed by atoms with van der Waals surface area (Å²) in [5.74, 6) is -4.63. The third kappa shape index (κ3) is 7.61. The van der Waals surface area contributed by atoms with E-state index >= 15 is 17.6 Å². The first-order valence-electron chi connectivity index (χ1n) is 21.5. The summed E-state index contributed by atoms with van der Waals surface area (Å²) >= 11 is 6.58. The smallest absolute Gasteiger partial charge is 0.301 e. The van der Waals surface area contributed by atoms with E-state index in [2.05, 4.69) is 30.9 Å². The number of hydrogen-bond donors (Lipinski definition) is 3. The van der Waals surface area contributed by atoms with Crippen LogP contribution in [0.3, 0.4) is 0 Å². The minimum absolute atomic E-state index is 0.0570. The van der Waals surface area contributed by atoms with Crippen LogP contribution < -0.4 is 31.1 Å². The molecule has 19 heteroatoms. The van der Waals surface area contributed by atoms with Crippen LogP contribution in [-0.2, 0) is 23.7 Å². The van der Waals surface area contributed by atoms with E-state index in [1.807, 2.05) is 11.0 Å². The summed E-state index contributed by atoms with van der Waals surface area (Å²) in [5, 5.41) is 14.4. The van der Waals surface area contributed by atoms with Gasteiger partial charge in [-0.15, -0.1) is 0 Å². The molecule has 0 radical (unpaired) electrons. The minimum Gasteiger partial charge on any atom is -0.480 e. The van der Waals surface area contributed by atoms with Crippen molar-refractivity contribution < 1.29 is 31.9 Å². The molecule has 10 rings (SSSR count). The predicted octanol–water partition coefficient (Wildman–Crippen LogP) is 6.68. The Balaban J connectivity index is 0.783. The van der Waals surface area contributed by atoms with E-state index in [1.54, 1.807) is 38.4 Å². The Morgan fingerprint density at radius 3 is 2.46 bits per heavy atom. The van der Waals surface area contributed by atoms with Gasteiger partial charge in [-0.05, 0) is 80.8 Å². The van der Waals surface area contributed by atoms with Crippen molar-refractivity contribution in [3.05, 3.63) is 69.0 Å². The number of nitrogens with zero attached hydrogens (tertiary/aromatic N) is 7. The highest BCUT2D eigenvalue weighted by Crippen LogP contribution is 2.46. The number of aromatic nitrogens is 5. The molecule has 2 amide bonds. The van der Waals surface area contributed by atoms with Gasteiger partial charge < -0.3 is 29.7 Å². The fraction of sp³-hybridized carbons (Fsp3) is 0.500. The molecule has 332 valence electrons. The first-order chi connectivity index (χ1) is 30.2. The van der Waals surface area contributed by atoms with Crippen LogP contribution in [0.4, 0.5) is 40.7 Å². The molecular formula is C44H47ClF4N10O4. The largest absolute Gasteiger partial charge is 0.480 e. The standard InChI is InChI=1S/C44H47ClF4N10O4/c1-56-31-9-5-25(19-29(31)35-37(41(56)62)63-22-44(48,49)38(53-35)24-3-4-24)51-39-30(45)20-50-42(54-39)59-17-13-43(47,14-18-59)21-58-15-11-23(12-16-58)26-6-7-27-34(55-57(2)36(27)33(26)46)28-8-10-32(60)52-40(28)61/h5-7,9,19-20,23-24,28,38,53H,3-4,8,10-18,21-22H2,1-2H3,(H,50,51,54)(H,52,60,61)/t28?,38-/m0/s1. The number of hydrogen-bond acceptors (Lipinski definition) is 11. The van der Waals surface area contributed by atoms with E-state index in [0.29, 0.717) is 109 Å². The number of carbonyl (C=O) groups is 2. The third-order valence-electron chi connectivity index (χ3n) is 13.7. The Hall–Kier alpha value is -5.49. The minimum atomic E-state index is -3.16. The number of nitrogens with one attached hydrogen (secondary N) is 3. The van der Waals surface area contributed by atoms with Crippen LogP contribution in [0.1, 0.15) is 74.5 Å². The number of imide groups is 1. The summed E-state index contributed by atoms with van der Waals surface area (Å²) < 4.78 is 71.3. The van der Waals surface area contributed by atoms with Crippen molar-refractivity contribution in [2.24, 2.45) is 20.0 Å². The molecule has 0 spiro atoms. The van der Waals surface area contributed by atoms with Gasteiger partial charge in [0.15, 0.2) is 18.2 Å². The number of piperidine rings is 3. The fourth-order valence-corrected chi connectivity index (χ4v) is 10.1. The van der Waals surface area contributed by atoms with Crippen LogP contribution in [0.15, 0.2) is 41.3 Å². The lowest BCUT2D eigenvalue weighted by Crippen LogP contribution is -2.50. The van der Waals surface area contributed by atoms with Gasteiger partial charge in [0.2, 0.25) is 23.5 Å². The zero-order valence-electron chi connectivity index (χ0n) is 34.8. The van der Waals surface area contributed by atoms with E-state index in [-0.39, 0.29) is 65.8 Å². The lowest BCUT2D eigenvalue weighted by Gasteiger charge is -2.41. The Morgan fingerprint density at radius 2 is 1.73 bits per heavy atom. The topological polar surface area (TPSA) is 152 Å². The molecule has 3 aromatic heterocycles. The van der Waals surface area contributed by atoms with Crippen LogP contribution in [0, 0.1) is 11.7 Å². The molecule has 3 N–H and O–H groups in total. The first kappa shape index (κ1) is 41.5. The maximum absolute atomic E-state index is 16.5. The Labute approximate surface area is 364 Å². The highest BCUT2D eigenvalue weighted by atomic mass is 35.5. The molecule has 4 fully saturated rings. The Bertz CT molecular complexity index is 2730. The second-order valence-corrected chi connectivity index (χ2v) is 18.3. The lowest BCUT2D eigenvalue weighted by molar-refractivity contribution is -0.134. The molecule has 63 heavy (non-hydrogen) atoms.